The van der Waals surface area contributed by atoms with Gasteiger partial charge in [-0.1, -0.05) is 87.5 Å². The molecular weight excluding hydrogens is 1600 g/mol. The van der Waals surface area contributed by atoms with Gasteiger partial charge in [-0.2, -0.15) is 13.7 Å². The number of likely N-dealkylation sites (tertiary alicyclic amines) is 1. The number of alkyl halides is 3. The number of halogens is 3. The number of aromatic nitrogens is 1. The van der Waals surface area contributed by atoms with Crippen LogP contribution in [0.25, 0.3) is 16.0 Å². The van der Waals surface area contributed by atoms with E-state index >= 15 is 8.78 Å². The first-order valence-corrected chi connectivity index (χ1v) is 43.2. The summed E-state index contributed by atoms with van der Waals surface area (Å²) >= 11 is 1.49. The second-order valence-electron chi connectivity index (χ2n) is 34.2. The van der Waals surface area contributed by atoms with Crippen LogP contribution in [-0.4, -0.2) is 189 Å². The van der Waals surface area contributed by atoms with Crippen LogP contribution in [0.2, 0.25) is 0 Å². The van der Waals surface area contributed by atoms with Crippen LogP contribution in [0.1, 0.15) is 184 Å². The van der Waals surface area contributed by atoms with Gasteiger partial charge in [0.05, 0.1) is 115 Å². The summed E-state index contributed by atoms with van der Waals surface area (Å²) in [7, 11) is -5.35. The van der Waals surface area contributed by atoms with Crippen LogP contribution < -0.4 is 26.4 Å². The minimum atomic E-state index is -5.35. The maximum Gasteiger partial charge on any atom is 0.497 e. The Kier molecular flexibility index (Phi) is 33.8. The van der Waals surface area contributed by atoms with E-state index < -0.39 is 150 Å². The Balaban J connectivity index is 0.667. The van der Waals surface area contributed by atoms with Gasteiger partial charge < -0.3 is 69.6 Å². The number of thiazole rings is 1. The van der Waals surface area contributed by atoms with Gasteiger partial charge in [-0.15, -0.1) is 20.4 Å². The normalized spacial score (nSPS) is 18.7. The van der Waals surface area contributed by atoms with Gasteiger partial charge in [-0.3, -0.25) is 43.2 Å². The third-order valence-corrected chi connectivity index (χ3v) is 24.4. The van der Waals surface area contributed by atoms with E-state index in [-0.39, 0.29) is 83.6 Å². The zero-order valence-electron chi connectivity index (χ0n) is 70.6. The lowest BCUT2D eigenvalue weighted by Crippen LogP contribution is -2.59. The van der Waals surface area contributed by atoms with Crippen molar-refractivity contribution in [2.24, 2.45) is 33.8 Å². The third-order valence-electron chi connectivity index (χ3n) is 21.5. The lowest BCUT2D eigenvalue weighted by Gasteiger charge is -2.35. The maximum absolute atomic E-state index is 16.4. The van der Waals surface area contributed by atoms with Crippen molar-refractivity contribution < 1.29 is 113 Å². The number of carbonyl (C=O) groups excluding carboxylic acids is 9. The molecule has 5 aromatic rings. The van der Waals surface area contributed by atoms with Crippen molar-refractivity contribution in [1.82, 2.24) is 25.8 Å². The predicted octanol–water partition coefficient (Wildman–Crippen LogP) is 11.5. The number of nitrogens with one attached hydrogen (secondary N) is 3. The van der Waals surface area contributed by atoms with Crippen LogP contribution in [0.3, 0.4) is 0 Å². The summed E-state index contributed by atoms with van der Waals surface area (Å²) in [4.78, 5) is 139. The fourth-order valence-corrected chi connectivity index (χ4v) is 16.3. The molecule has 32 heteroatoms. The molecule has 656 valence electrons. The molecule has 0 bridgehead atoms. The van der Waals surface area contributed by atoms with Crippen LogP contribution in [0.4, 0.5) is 13.2 Å². The van der Waals surface area contributed by atoms with Gasteiger partial charge in [0.2, 0.25) is 37.2 Å². The van der Waals surface area contributed by atoms with Crippen molar-refractivity contribution in [1.29, 1.82) is 0 Å². The van der Waals surface area contributed by atoms with Crippen LogP contribution in [0, 0.1) is 35.0 Å². The Morgan fingerprint density at radius 1 is 0.775 bits per heavy atom. The number of nitrogens with zero attached hydrogens (tertiary/aromatic N) is 2. The molecule has 1 aliphatic heterocycles. The van der Waals surface area contributed by atoms with Crippen LogP contribution >= 0.6 is 19.3 Å². The molecule has 9 rings (SSSR count). The van der Waals surface area contributed by atoms with Crippen molar-refractivity contribution in [2.75, 3.05) is 79.6 Å². The van der Waals surface area contributed by atoms with E-state index in [4.69, 9.17) is 52.7 Å². The number of esters is 2. The van der Waals surface area contributed by atoms with Crippen LogP contribution in [-0.2, 0) is 123 Å². The van der Waals surface area contributed by atoms with Gasteiger partial charge >= 0.3 is 25.5 Å². The number of primary amides is 1. The highest BCUT2D eigenvalue weighted by Crippen LogP contribution is 2.73. The number of aliphatic hydroxyl groups is 1. The Bertz CT molecular complexity index is 4380. The second kappa shape index (κ2) is 42.6. The summed E-state index contributed by atoms with van der Waals surface area (Å²) in [5.74, 6) is -7.14. The molecule has 4 aromatic carbocycles. The highest BCUT2D eigenvalue weighted by Gasteiger charge is 2.69. The molecule has 7 N–H and O–H groups in total. The lowest BCUT2D eigenvalue weighted by molar-refractivity contribution is -0.165. The van der Waals surface area contributed by atoms with Gasteiger partial charge in [0, 0.05) is 50.4 Å². The number of hydrogen-bond acceptors (Lipinski definition) is 23. The van der Waals surface area contributed by atoms with E-state index in [1.807, 2.05) is 67.6 Å². The zero-order chi connectivity index (χ0) is 87.5. The standard InChI is InChI=1S/C88H116F3N6O21PS/c1-54(59-26-28-65(29-27-59)88(90,91)119(108,117-52-115-82(106)85(7,8)9)118-53-116-83(107)86(10,11)12)43-66(98)44-62-23-22-60-16-13-17-61-45-68(74(73(60)61)75(62)101)78(102)95-69(30-31-72(92)100)56(3)114-50-58-20-18-57(19-21-58)15-14-34-109-35-36-110-37-38-111-39-40-112-41-42-113-71-46-63(76-55(2)94-51-120-76)24-25-64(71)48-93-79(103)70-47-67(99)49-97(70)80(104)77(84(4,5)6)96-81(105)87(89)32-33-87/h13,16-21,24-29,43,46,51,56,62,67-70,74,77,99,108H,14-15,22-23,30-42,44-45,47-50,52-53H2,1-12H3,(H4-,92,93,95,96,100,102,103,105)/p+1/b54-43+/t56-,62-,67-,68-,69+,70+,74?,77-/m1/s1. The Morgan fingerprint density at radius 3 is 1.96 bits per heavy atom. The molecule has 120 heavy (non-hydrogen) atoms. The van der Waals surface area contributed by atoms with E-state index in [1.165, 1.54) is 76.0 Å². The fourth-order valence-electron chi connectivity index (χ4n) is 14.3. The molecule has 4 aliphatic rings. The maximum atomic E-state index is 16.4. The van der Waals surface area contributed by atoms with Gasteiger partial charge in [-0.25, -0.2) is 9.37 Å². The number of aliphatic hydroxyl groups excluding tert-OH is 1. The Morgan fingerprint density at radius 2 is 1.38 bits per heavy atom. The molecule has 1 saturated carbocycles. The number of nitrogens with two attached hydrogens (primary N) is 1. The highest BCUT2D eigenvalue weighted by molar-refractivity contribution is 7.61. The molecule has 5 amide bonds. The van der Waals surface area contributed by atoms with Gasteiger partial charge in [0.1, 0.15) is 30.2 Å². The van der Waals surface area contributed by atoms with Crippen molar-refractivity contribution in [3.05, 3.63) is 147 Å². The van der Waals surface area contributed by atoms with Crippen molar-refractivity contribution in [3.8, 4) is 16.2 Å². The number of Topliss-reactive ketones (excluding diaryl/α,β-unsaturated/α-hetero) is 1. The number of carbonyl (C=O) groups is 9. The predicted molar refractivity (Wildman–Crippen MR) is 442 cm³/mol. The van der Waals surface area contributed by atoms with Crippen molar-refractivity contribution in [3.63, 3.8) is 0 Å². The Hall–Kier alpha value is -8.46. The number of benzene rings is 4. The molecule has 1 aromatic heterocycles. The first kappa shape index (κ1) is 95.4. The quantitative estimate of drug-likeness (QED) is 0.00693. The van der Waals surface area contributed by atoms with E-state index in [0.717, 1.165) is 68.9 Å². The van der Waals surface area contributed by atoms with Crippen molar-refractivity contribution >= 4 is 77.9 Å². The minimum absolute atomic E-state index is 0.0120. The fraction of sp³-hybridized carbons (Fsp3) is 0.568. The molecule has 1 saturated heterocycles. The third kappa shape index (κ3) is 26.3. The number of hydrogen-bond donors (Lipinski definition) is 6. The molecule has 2 heterocycles. The summed E-state index contributed by atoms with van der Waals surface area (Å²) in [6.07, 6.45) is 2.44. The number of aryl methyl sites for hydroxylation is 3. The molecule has 0 radical (unpaired) electrons. The van der Waals surface area contributed by atoms with Gasteiger partial charge in [0.25, 0.3) is 5.91 Å². The Labute approximate surface area is 704 Å². The molecule has 27 nitrogen and oxygen atoms in total. The molecular formula is C88H117F3N6O21PS+. The number of rotatable bonds is 45. The smallest absolute Gasteiger partial charge is 0.491 e. The average molecular weight is 1710 g/mol. The van der Waals surface area contributed by atoms with Crippen molar-refractivity contribution in [2.45, 2.75) is 214 Å². The number of ether oxygens (including phenoxy) is 8. The molecule has 3 aliphatic carbocycles. The monoisotopic (exact) mass is 1710 g/mol. The summed E-state index contributed by atoms with van der Waals surface area (Å²) in [5, 5.41) is 19.3. The first-order chi connectivity index (χ1) is 56.7. The number of amides is 5. The zero-order valence-corrected chi connectivity index (χ0v) is 72.4. The lowest BCUT2D eigenvalue weighted by atomic mass is 9.81. The van der Waals surface area contributed by atoms with Crippen LogP contribution in [0.5, 0.6) is 5.75 Å². The van der Waals surface area contributed by atoms with E-state index in [2.05, 4.69) is 20.9 Å². The number of ketones is 2. The van der Waals surface area contributed by atoms with Crippen LogP contribution in [0.15, 0.2) is 96.5 Å². The largest absolute Gasteiger partial charge is 0.497 e. The summed E-state index contributed by atoms with van der Waals surface area (Å²) in [6, 6.07) is 21.1. The topological polar surface area (TPSA) is 365 Å². The molecule has 2 fully saturated rings. The molecule has 1 unspecified atom stereocenters. The highest BCUT2D eigenvalue weighted by atomic mass is 32.1. The SMILES string of the molecule is C/C(=C\C(=O)C[C@H]1CCc2cccc3c2C(C1=O)[C@H](C(=O)N[C@@H](CCC(N)=O)[C@@H](C)OCc1ccc(CCCOCCOCCOCCOCCOc2cc(-c4scnc4C)ccc2CNC(=O)[C@@H]2C[C@@H](O)CN2C(=O)[C@@H](NC(=O)C2(F)CC2)C(C)(C)C)cc1)C3)c1ccc(C(F)(F)[P+](O)(OCOC(=O)C(C)(C)C)OCOC(=O)C(C)(C)C)cc1. The summed E-state index contributed by atoms with van der Waals surface area (Å²) in [5.41, 5.74) is 5.14. The van der Waals surface area contributed by atoms with Gasteiger partial charge in [-0.05, 0) is 188 Å². The van der Waals surface area contributed by atoms with Gasteiger partial charge in [0.15, 0.2) is 11.5 Å². The van der Waals surface area contributed by atoms with E-state index in [9.17, 15) is 57.5 Å². The average Bonchev–Trinajstić information content (AvgIpc) is 1.53. The van der Waals surface area contributed by atoms with E-state index in [1.54, 1.807) is 40.1 Å². The summed E-state index contributed by atoms with van der Waals surface area (Å²) in [6.45, 7) is 20.7. The molecule has 8 atom stereocenters. The number of β-amino-alcohol motifs (C(OH)–C–C–N with tert-alkyl or cyclic N) is 1. The molecule has 0 spiro atoms. The summed E-state index contributed by atoms with van der Waals surface area (Å²) < 4.78 is 103. The second-order valence-corrected chi connectivity index (χ2v) is 37.2. The van der Waals surface area contributed by atoms with E-state index in [0.29, 0.717) is 81.5 Å². The number of allylic oxidation sites excluding steroid dienone is 2. The minimum Gasteiger partial charge on any atom is -0.491 e. The first-order valence-electron chi connectivity index (χ1n) is 40.8.